The van der Waals surface area contributed by atoms with Crippen LogP contribution >= 0.6 is 11.3 Å². The second-order valence-electron chi connectivity index (χ2n) is 6.16. The highest BCUT2D eigenvalue weighted by molar-refractivity contribution is 7.13. The highest BCUT2D eigenvalue weighted by Crippen LogP contribution is 2.33. The van der Waals surface area contributed by atoms with Crippen LogP contribution in [0.3, 0.4) is 0 Å². The maximum Gasteiger partial charge on any atom is 0.123 e. The molecule has 26 heavy (non-hydrogen) atoms. The van der Waals surface area contributed by atoms with Gasteiger partial charge in [0.15, 0.2) is 0 Å². The zero-order valence-electron chi connectivity index (χ0n) is 14.2. The van der Waals surface area contributed by atoms with Crippen LogP contribution < -0.4 is 0 Å². The summed E-state index contributed by atoms with van der Waals surface area (Å²) in [6.45, 7) is 1.71. The monoisotopic (exact) mass is 360 g/mol. The summed E-state index contributed by atoms with van der Waals surface area (Å²) in [5.41, 5.74) is 3.32. The Morgan fingerprint density at radius 1 is 1.04 bits per heavy atom. The summed E-state index contributed by atoms with van der Waals surface area (Å²) in [6.07, 6.45) is 2.53. The molecule has 128 valence electrons. The van der Waals surface area contributed by atoms with Crippen LogP contribution in [0.4, 0.5) is 10.1 Å². The molecule has 0 N–H and O–H groups in total. The number of rotatable bonds is 3. The molecule has 2 aromatic carbocycles. The Kier molecular flexibility index (Phi) is 4.81. The van der Waals surface area contributed by atoms with Gasteiger partial charge in [0.25, 0.3) is 0 Å². The fourth-order valence-corrected chi connectivity index (χ4v) is 3.83. The molecular weight excluding hydrogens is 343 g/mol. The lowest BCUT2D eigenvalue weighted by Gasteiger charge is -2.22. The van der Waals surface area contributed by atoms with Crippen molar-refractivity contribution in [1.29, 1.82) is 0 Å². The van der Waals surface area contributed by atoms with Crippen LogP contribution in [0.2, 0.25) is 0 Å². The summed E-state index contributed by atoms with van der Waals surface area (Å²) in [7, 11) is 0. The van der Waals surface area contributed by atoms with Crippen molar-refractivity contribution in [1.82, 2.24) is 4.90 Å². The minimum Gasteiger partial charge on any atom is -0.353 e. The number of aliphatic imine (C=N–C) groups is 1. The van der Waals surface area contributed by atoms with E-state index in [9.17, 15) is 4.39 Å². The van der Waals surface area contributed by atoms with Crippen LogP contribution in [0.15, 0.2) is 65.7 Å². The van der Waals surface area contributed by atoms with Crippen molar-refractivity contribution in [3.8, 4) is 11.8 Å². The van der Waals surface area contributed by atoms with Crippen molar-refractivity contribution < 1.29 is 4.39 Å². The maximum atomic E-state index is 12.9. The number of hydrogen-bond acceptors (Lipinski definition) is 3. The SMILES string of the molecule is Fc1ccc(CC#Cc2cc3c(s2)CN(Cc2ccccc2)C=N3)cc1. The second kappa shape index (κ2) is 7.55. The molecule has 0 unspecified atom stereocenters. The molecule has 0 radical (unpaired) electrons. The van der Waals surface area contributed by atoms with Gasteiger partial charge in [0.2, 0.25) is 0 Å². The minimum absolute atomic E-state index is 0.217. The molecule has 2 nitrogen and oxygen atoms in total. The van der Waals surface area contributed by atoms with Crippen LogP contribution in [-0.2, 0) is 19.5 Å². The van der Waals surface area contributed by atoms with E-state index in [4.69, 9.17) is 0 Å². The molecule has 0 amide bonds. The van der Waals surface area contributed by atoms with Gasteiger partial charge in [-0.05, 0) is 29.3 Å². The van der Waals surface area contributed by atoms with E-state index >= 15 is 0 Å². The molecule has 0 saturated heterocycles. The quantitative estimate of drug-likeness (QED) is 0.589. The van der Waals surface area contributed by atoms with Crippen molar-refractivity contribution in [3.63, 3.8) is 0 Å². The van der Waals surface area contributed by atoms with E-state index in [-0.39, 0.29) is 5.82 Å². The Bertz CT molecular complexity index is 978. The molecular formula is C22H17FN2S. The minimum atomic E-state index is -0.217. The van der Waals surface area contributed by atoms with Crippen LogP contribution in [0, 0.1) is 17.7 Å². The van der Waals surface area contributed by atoms with Gasteiger partial charge in [-0.3, -0.25) is 0 Å². The first-order valence-electron chi connectivity index (χ1n) is 8.44. The molecule has 3 aromatic rings. The van der Waals surface area contributed by atoms with Gasteiger partial charge in [-0.1, -0.05) is 54.3 Å². The predicted molar refractivity (Wildman–Crippen MR) is 105 cm³/mol. The summed E-state index contributed by atoms with van der Waals surface area (Å²) in [5, 5.41) is 0. The number of benzene rings is 2. The highest BCUT2D eigenvalue weighted by atomic mass is 32.1. The number of halogens is 1. The van der Waals surface area contributed by atoms with Crippen molar-refractivity contribution in [2.24, 2.45) is 4.99 Å². The highest BCUT2D eigenvalue weighted by Gasteiger charge is 2.15. The summed E-state index contributed by atoms with van der Waals surface area (Å²) in [5.74, 6) is 6.16. The van der Waals surface area contributed by atoms with Crippen molar-refractivity contribution in [3.05, 3.63) is 87.4 Å². The third-order valence-corrected chi connectivity index (χ3v) is 5.16. The van der Waals surface area contributed by atoms with Crippen molar-refractivity contribution in [2.75, 3.05) is 0 Å². The van der Waals surface area contributed by atoms with Crippen molar-refractivity contribution >= 4 is 23.4 Å². The van der Waals surface area contributed by atoms with E-state index in [1.165, 1.54) is 22.6 Å². The summed E-state index contributed by atoms with van der Waals surface area (Å²) >= 11 is 1.70. The third kappa shape index (κ3) is 4.01. The van der Waals surface area contributed by atoms with Crippen LogP contribution in [0.5, 0.6) is 0 Å². The molecule has 0 aliphatic carbocycles. The van der Waals surface area contributed by atoms with E-state index in [1.807, 2.05) is 18.5 Å². The summed E-state index contributed by atoms with van der Waals surface area (Å²) in [4.78, 5) is 9.05. The lowest BCUT2D eigenvalue weighted by molar-refractivity contribution is 0.418. The average Bonchev–Trinajstić information content (AvgIpc) is 3.06. The smallest absolute Gasteiger partial charge is 0.123 e. The molecule has 0 bridgehead atoms. The second-order valence-corrected chi connectivity index (χ2v) is 7.30. The van der Waals surface area contributed by atoms with E-state index in [0.717, 1.165) is 29.2 Å². The number of hydrogen-bond donors (Lipinski definition) is 0. The molecule has 0 spiro atoms. The standard InChI is InChI=1S/C22H17FN2S/c23-19-11-9-17(10-12-19)7-4-8-20-13-21-22(26-20)15-25(16-24-21)14-18-5-2-1-3-6-18/h1-3,5-6,9-13,16H,7,14-15H2. The molecule has 1 aliphatic rings. The largest absolute Gasteiger partial charge is 0.353 e. The van der Waals surface area contributed by atoms with Crippen LogP contribution in [0.25, 0.3) is 0 Å². The topological polar surface area (TPSA) is 15.6 Å². The first-order chi connectivity index (χ1) is 12.8. The van der Waals surface area contributed by atoms with Gasteiger partial charge in [0.05, 0.1) is 28.3 Å². The van der Waals surface area contributed by atoms with E-state index in [0.29, 0.717) is 6.42 Å². The van der Waals surface area contributed by atoms with Gasteiger partial charge >= 0.3 is 0 Å². The molecule has 0 saturated carbocycles. The maximum absolute atomic E-state index is 12.9. The average molecular weight is 360 g/mol. The Labute approximate surface area is 156 Å². The molecule has 4 heteroatoms. The lowest BCUT2D eigenvalue weighted by Crippen LogP contribution is -2.22. The Morgan fingerprint density at radius 2 is 1.85 bits per heavy atom. The zero-order chi connectivity index (χ0) is 17.8. The summed E-state index contributed by atoms with van der Waals surface area (Å²) in [6, 6.07) is 18.9. The predicted octanol–water partition coefficient (Wildman–Crippen LogP) is 5.16. The fourth-order valence-electron chi connectivity index (χ4n) is 2.82. The van der Waals surface area contributed by atoms with E-state index < -0.39 is 0 Å². The number of fused-ring (bicyclic) bond motifs is 1. The third-order valence-electron chi connectivity index (χ3n) is 4.14. The fraction of sp³-hybridized carbons (Fsp3) is 0.136. The molecule has 1 aliphatic heterocycles. The zero-order valence-corrected chi connectivity index (χ0v) is 15.0. The van der Waals surface area contributed by atoms with Crippen molar-refractivity contribution in [2.45, 2.75) is 19.5 Å². The van der Waals surface area contributed by atoms with Gasteiger partial charge in [0.1, 0.15) is 5.82 Å². The summed E-state index contributed by atoms with van der Waals surface area (Å²) < 4.78 is 12.9. The normalized spacial score (nSPS) is 12.4. The molecule has 4 rings (SSSR count). The van der Waals surface area contributed by atoms with Gasteiger partial charge in [-0.15, -0.1) is 11.3 Å². The first-order valence-corrected chi connectivity index (χ1v) is 9.26. The molecule has 2 heterocycles. The Balaban J connectivity index is 1.41. The van der Waals surface area contributed by atoms with Gasteiger partial charge in [-0.25, -0.2) is 9.38 Å². The van der Waals surface area contributed by atoms with Gasteiger partial charge < -0.3 is 4.90 Å². The van der Waals surface area contributed by atoms with Gasteiger partial charge in [0, 0.05) is 13.0 Å². The molecule has 0 fully saturated rings. The van der Waals surface area contributed by atoms with E-state index in [1.54, 1.807) is 23.5 Å². The first kappa shape index (κ1) is 16.6. The van der Waals surface area contributed by atoms with Crippen LogP contribution in [0.1, 0.15) is 20.9 Å². The lowest BCUT2D eigenvalue weighted by atomic mass is 10.1. The number of nitrogens with zero attached hydrogens (tertiary/aromatic N) is 2. The molecule has 0 atom stereocenters. The van der Waals surface area contributed by atoms with Crippen LogP contribution in [-0.4, -0.2) is 11.2 Å². The van der Waals surface area contributed by atoms with Gasteiger partial charge in [-0.2, -0.15) is 0 Å². The Morgan fingerprint density at radius 3 is 2.65 bits per heavy atom. The number of thiophene rings is 1. The van der Waals surface area contributed by atoms with E-state index in [2.05, 4.69) is 46.0 Å². The molecule has 1 aromatic heterocycles. The Hall–Kier alpha value is -2.90.